The normalized spacial score (nSPS) is 16.3. The Kier molecular flexibility index (Phi) is 2.68. The molecule has 82 valence electrons. The summed E-state index contributed by atoms with van der Waals surface area (Å²) in [4.78, 5) is 10.8. The smallest absolute Gasteiger partial charge is 0.358 e. The van der Waals surface area contributed by atoms with E-state index in [1.165, 1.54) is 19.3 Å². The summed E-state index contributed by atoms with van der Waals surface area (Å²) in [5, 5.41) is 16.3. The van der Waals surface area contributed by atoms with Crippen LogP contribution in [0.15, 0.2) is 0 Å². The van der Waals surface area contributed by atoms with Gasteiger partial charge in [-0.25, -0.2) is 9.48 Å². The zero-order chi connectivity index (χ0) is 10.8. The van der Waals surface area contributed by atoms with Gasteiger partial charge in [0, 0.05) is 13.1 Å². The average Bonchev–Trinajstić information content (AvgIpc) is 2.53. The first-order valence-corrected chi connectivity index (χ1v) is 5.08. The summed E-state index contributed by atoms with van der Waals surface area (Å²) >= 11 is 0. The van der Waals surface area contributed by atoms with Crippen LogP contribution >= 0.6 is 0 Å². The highest BCUT2D eigenvalue weighted by atomic mass is 16.4. The predicted octanol–water partition coefficient (Wildman–Crippen LogP) is 0.235. The molecule has 1 heterocycles. The third-order valence-electron chi connectivity index (χ3n) is 2.89. The number of hydrogen-bond donors (Lipinski definition) is 2. The first kappa shape index (κ1) is 10.1. The van der Waals surface area contributed by atoms with Crippen LogP contribution in [0.2, 0.25) is 0 Å². The number of nitrogens with two attached hydrogens (primary N) is 1. The molecule has 1 aliphatic rings. The maximum atomic E-state index is 10.8. The molecule has 1 fully saturated rings. The molecule has 0 aliphatic heterocycles. The number of hydrogen-bond acceptors (Lipinski definition) is 4. The molecule has 0 aromatic carbocycles. The van der Waals surface area contributed by atoms with Crippen molar-refractivity contribution in [1.82, 2.24) is 15.0 Å². The van der Waals surface area contributed by atoms with Crippen molar-refractivity contribution in [3.05, 3.63) is 11.4 Å². The lowest BCUT2D eigenvalue weighted by Crippen LogP contribution is -2.21. The van der Waals surface area contributed by atoms with Gasteiger partial charge in [-0.15, -0.1) is 5.10 Å². The topological polar surface area (TPSA) is 94.0 Å². The molecule has 0 saturated heterocycles. The van der Waals surface area contributed by atoms with E-state index in [1.807, 2.05) is 0 Å². The van der Waals surface area contributed by atoms with Gasteiger partial charge in [0.15, 0.2) is 5.69 Å². The number of carboxylic acids is 1. The summed E-state index contributed by atoms with van der Waals surface area (Å²) in [6, 6.07) is 0. The average molecular weight is 210 g/mol. The van der Waals surface area contributed by atoms with Crippen molar-refractivity contribution >= 4 is 5.97 Å². The minimum absolute atomic E-state index is 0.0168. The van der Waals surface area contributed by atoms with E-state index in [0.717, 1.165) is 6.54 Å². The van der Waals surface area contributed by atoms with E-state index in [-0.39, 0.29) is 12.2 Å². The lowest BCUT2D eigenvalue weighted by Gasteiger charge is -2.25. The summed E-state index contributed by atoms with van der Waals surface area (Å²) in [5.74, 6) is -0.450. The monoisotopic (exact) mass is 210 g/mol. The van der Waals surface area contributed by atoms with Gasteiger partial charge in [-0.2, -0.15) is 0 Å². The van der Waals surface area contributed by atoms with Crippen molar-refractivity contribution in [2.24, 2.45) is 11.7 Å². The molecule has 1 aliphatic carbocycles. The SMILES string of the molecule is NCc1c(C(=O)O)nnn1CC1CCC1. The minimum Gasteiger partial charge on any atom is -0.476 e. The maximum absolute atomic E-state index is 10.8. The molecule has 6 heteroatoms. The number of rotatable bonds is 4. The molecule has 6 nitrogen and oxygen atoms in total. The van der Waals surface area contributed by atoms with E-state index in [0.29, 0.717) is 11.6 Å². The molecule has 2 rings (SSSR count). The largest absolute Gasteiger partial charge is 0.476 e. The summed E-state index contributed by atoms with van der Waals surface area (Å²) in [6.45, 7) is 0.911. The molecule has 0 atom stereocenters. The van der Waals surface area contributed by atoms with Gasteiger partial charge >= 0.3 is 5.97 Å². The molecule has 1 saturated carbocycles. The van der Waals surface area contributed by atoms with Crippen LogP contribution in [0.5, 0.6) is 0 Å². The second-order valence-electron chi connectivity index (χ2n) is 3.87. The molecule has 0 radical (unpaired) electrons. The van der Waals surface area contributed by atoms with Crippen LogP contribution in [0.1, 0.15) is 35.4 Å². The number of aromatic nitrogens is 3. The van der Waals surface area contributed by atoms with E-state index in [1.54, 1.807) is 4.68 Å². The molecular weight excluding hydrogens is 196 g/mol. The van der Waals surface area contributed by atoms with Crippen LogP contribution in [-0.4, -0.2) is 26.1 Å². The second kappa shape index (κ2) is 3.98. The highest BCUT2D eigenvalue weighted by Gasteiger charge is 2.22. The van der Waals surface area contributed by atoms with Crippen LogP contribution in [0.3, 0.4) is 0 Å². The van der Waals surface area contributed by atoms with Crippen molar-refractivity contribution in [3.8, 4) is 0 Å². The molecule has 1 aromatic heterocycles. The first-order chi connectivity index (χ1) is 7.22. The fraction of sp³-hybridized carbons (Fsp3) is 0.667. The Labute approximate surface area is 87.1 Å². The quantitative estimate of drug-likeness (QED) is 0.742. The van der Waals surface area contributed by atoms with Gasteiger partial charge in [-0.3, -0.25) is 0 Å². The van der Waals surface area contributed by atoms with Gasteiger partial charge in [0.1, 0.15) is 0 Å². The van der Waals surface area contributed by atoms with E-state index in [9.17, 15) is 4.79 Å². The van der Waals surface area contributed by atoms with Crippen molar-refractivity contribution in [3.63, 3.8) is 0 Å². The van der Waals surface area contributed by atoms with Crippen LogP contribution in [0.4, 0.5) is 0 Å². The standard InChI is InChI=1S/C9H14N4O2/c10-4-7-8(9(14)15)11-12-13(7)5-6-2-1-3-6/h6H,1-5,10H2,(H,14,15). The van der Waals surface area contributed by atoms with E-state index >= 15 is 0 Å². The molecule has 0 bridgehead atoms. The number of carbonyl (C=O) groups is 1. The van der Waals surface area contributed by atoms with E-state index in [2.05, 4.69) is 10.3 Å². The summed E-state index contributed by atoms with van der Waals surface area (Å²) < 4.78 is 1.63. The van der Waals surface area contributed by atoms with Crippen molar-refractivity contribution in [2.45, 2.75) is 32.4 Å². The second-order valence-corrected chi connectivity index (χ2v) is 3.87. The van der Waals surface area contributed by atoms with Crippen LogP contribution in [0.25, 0.3) is 0 Å². The molecular formula is C9H14N4O2. The highest BCUT2D eigenvalue weighted by Crippen LogP contribution is 2.28. The van der Waals surface area contributed by atoms with Gasteiger partial charge < -0.3 is 10.8 Å². The molecule has 0 unspecified atom stereocenters. The van der Waals surface area contributed by atoms with E-state index < -0.39 is 5.97 Å². The van der Waals surface area contributed by atoms with Crippen molar-refractivity contribution in [1.29, 1.82) is 0 Å². The lowest BCUT2D eigenvalue weighted by atomic mass is 9.85. The number of aromatic carboxylic acids is 1. The minimum atomic E-state index is -1.06. The Balaban J connectivity index is 2.18. The van der Waals surface area contributed by atoms with Gasteiger partial charge in [0.2, 0.25) is 0 Å². The Bertz CT molecular complexity index is 370. The maximum Gasteiger partial charge on any atom is 0.358 e. The third kappa shape index (κ3) is 1.85. The number of nitrogens with zero attached hydrogens (tertiary/aromatic N) is 3. The third-order valence-corrected chi connectivity index (χ3v) is 2.89. The van der Waals surface area contributed by atoms with Crippen LogP contribution in [-0.2, 0) is 13.1 Å². The summed E-state index contributed by atoms with van der Waals surface area (Å²) in [5.41, 5.74) is 6.01. The molecule has 0 spiro atoms. The Morgan fingerprint density at radius 3 is 2.80 bits per heavy atom. The zero-order valence-corrected chi connectivity index (χ0v) is 8.39. The molecule has 1 aromatic rings. The predicted molar refractivity (Wildman–Crippen MR) is 52.2 cm³/mol. The lowest BCUT2D eigenvalue weighted by molar-refractivity contribution is 0.0689. The van der Waals surface area contributed by atoms with Crippen molar-refractivity contribution in [2.75, 3.05) is 0 Å². The van der Waals surface area contributed by atoms with Crippen LogP contribution in [0, 0.1) is 5.92 Å². The van der Waals surface area contributed by atoms with E-state index in [4.69, 9.17) is 10.8 Å². The molecule has 3 N–H and O–H groups in total. The highest BCUT2D eigenvalue weighted by molar-refractivity contribution is 5.86. The Morgan fingerprint density at radius 1 is 1.60 bits per heavy atom. The van der Waals surface area contributed by atoms with Gasteiger partial charge in [0.05, 0.1) is 5.69 Å². The van der Waals surface area contributed by atoms with Crippen molar-refractivity contribution < 1.29 is 9.90 Å². The van der Waals surface area contributed by atoms with Gasteiger partial charge in [-0.1, -0.05) is 11.6 Å². The Morgan fingerprint density at radius 2 is 2.33 bits per heavy atom. The molecule has 0 amide bonds. The summed E-state index contributed by atoms with van der Waals surface area (Å²) in [6.07, 6.45) is 3.63. The fourth-order valence-electron chi connectivity index (χ4n) is 1.77. The Hall–Kier alpha value is -1.43. The zero-order valence-electron chi connectivity index (χ0n) is 8.39. The molecule has 15 heavy (non-hydrogen) atoms. The van der Waals surface area contributed by atoms with Crippen LogP contribution < -0.4 is 5.73 Å². The first-order valence-electron chi connectivity index (χ1n) is 5.08. The van der Waals surface area contributed by atoms with Gasteiger partial charge in [0.25, 0.3) is 0 Å². The summed E-state index contributed by atoms with van der Waals surface area (Å²) in [7, 11) is 0. The number of carboxylic acid groups (broad SMARTS) is 1. The van der Waals surface area contributed by atoms with Gasteiger partial charge in [-0.05, 0) is 18.8 Å². The fourth-order valence-corrected chi connectivity index (χ4v) is 1.77.